The molecule has 0 bridgehead atoms. The SMILES string of the molecule is CCc1ccc(CC(=O)N=c2sc3c(C)cc(C)cc3n2CCSC)cc1. The highest BCUT2D eigenvalue weighted by molar-refractivity contribution is 7.98. The highest BCUT2D eigenvalue weighted by Gasteiger charge is 2.11. The van der Waals surface area contributed by atoms with E-state index < -0.39 is 0 Å². The first-order valence-corrected chi connectivity index (χ1v) is 11.5. The second-order valence-corrected chi connectivity index (χ2v) is 8.77. The molecule has 3 rings (SSSR count). The van der Waals surface area contributed by atoms with Gasteiger partial charge in [0.05, 0.1) is 16.6 Å². The number of rotatable bonds is 6. The van der Waals surface area contributed by atoms with Gasteiger partial charge < -0.3 is 4.57 Å². The lowest BCUT2D eigenvalue weighted by Gasteiger charge is -2.05. The van der Waals surface area contributed by atoms with Crippen molar-refractivity contribution in [1.29, 1.82) is 0 Å². The molecule has 1 heterocycles. The van der Waals surface area contributed by atoms with Crippen LogP contribution in [-0.4, -0.2) is 22.5 Å². The Hall–Kier alpha value is -1.85. The Morgan fingerprint density at radius 3 is 2.52 bits per heavy atom. The predicted molar refractivity (Wildman–Crippen MR) is 118 cm³/mol. The fourth-order valence-corrected chi connectivity index (χ4v) is 4.70. The van der Waals surface area contributed by atoms with Crippen LogP contribution in [-0.2, 0) is 24.2 Å². The lowest BCUT2D eigenvalue weighted by molar-refractivity contribution is -0.117. The summed E-state index contributed by atoms with van der Waals surface area (Å²) in [6.45, 7) is 7.24. The molecule has 0 atom stereocenters. The summed E-state index contributed by atoms with van der Waals surface area (Å²) in [6.07, 6.45) is 3.46. The van der Waals surface area contributed by atoms with Gasteiger partial charge in [0.25, 0.3) is 5.91 Å². The lowest BCUT2D eigenvalue weighted by Crippen LogP contribution is -2.18. The van der Waals surface area contributed by atoms with E-state index in [4.69, 9.17) is 0 Å². The van der Waals surface area contributed by atoms with Gasteiger partial charge in [-0.05, 0) is 54.8 Å². The van der Waals surface area contributed by atoms with Crippen molar-refractivity contribution in [2.75, 3.05) is 12.0 Å². The number of thiazole rings is 1. The number of aryl methyl sites for hydroxylation is 4. The van der Waals surface area contributed by atoms with E-state index in [9.17, 15) is 4.79 Å². The van der Waals surface area contributed by atoms with Crippen LogP contribution in [0.5, 0.6) is 0 Å². The van der Waals surface area contributed by atoms with Gasteiger partial charge in [0, 0.05) is 12.3 Å². The molecule has 27 heavy (non-hydrogen) atoms. The van der Waals surface area contributed by atoms with Gasteiger partial charge in [-0.3, -0.25) is 4.79 Å². The van der Waals surface area contributed by atoms with Crippen molar-refractivity contribution >= 4 is 39.2 Å². The molecular formula is C22H26N2OS2. The molecule has 5 heteroatoms. The van der Waals surface area contributed by atoms with Crippen molar-refractivity contribution < 1.29 is 4.79 Å². The quantitative estimate of drug-likeness (QED) is 0.591. The van der Waals surface area contributed by atoms with E-state index in [1.807, 2.05) is 23.9 Å². The van der Waals surface area contributed by atoms with Crippen LogP contribution in [0.1, 0.15) is 29.2 Å². The number of thioether (sulfide) groups is 1. The molecular weight excluding hydrogens is 372 g/mol. The molecule has 0 aliphatic carbocycles. The summed E-state index contributed by atoms with van der Waals surface area (Å²) in [5.41, 5.74) is 5.98. The van der Waals surface area contributed by atoms with Gasteiger partial charge in [-0.2, -0.15) is 16.8 Å². The molecule has 0 spiro atoms. The van der Waals surface area contributed by atoms with Crippen molar-refractivity contribution in [2.24, 2.45) is 4.99 Å². The minimum absolute atomic E-state index is 0.0851. The Labute approximate surface area is 169 Å². The molecule has 0 aliphatic heterocycles. The van der Waals surface area contributed by atoms with Gasteiger partial charge in [0.1, 0.15) is 0 Å². The first-order valence-electron chi connectivity index (χ1n) is 9.26. The zero-order valence-electron chi connectivity index (χ0n) is 16.4. The number of amides is 1. The normalized spacial score (nSPS) is 12.1. The van der Waals surface area contributed by atoms with Crippen molar-refractivity contribution in [3.8, 4) is 0 Å². The Bertz CT molecular complexity index is 1010. The van der Waals surface area contributed by atoms with Crippen LogP contribution >= 0.6 is 23.1 Å². The second-order valence-electron chi connectivity index (χ2n) is 6.81. The zero-order valence-corrected chi connectivity index (χ0v) is 18.0. The van der Waals surface area contributed by atoms with Crippen molar-refractivity contribution in [3.05, 3.63) is 63.5 Å². The summed E-state index contributed by atoms with van der Waals surface area (Å²) >= 11 is 3.43. The van der Waals surface area contributed by atoms with E-state index in [1.54, 1.807) is 11.3 Å². The first-order chi connectivity index (χ1) is 13.0. The molecule has 1 aromatic heterocycles. The fourth-order valence-electron chi connectivity index (χ4n) is 3.21. The molecule has 0 fully saturated rings. The van der Waals surface area contributed by atoms with Gasteiger partial charge in [-0.25, -0.2) is 0 Å². The zero-order chi connectivity index (χ0) is 19.4. The number of hydrogen-bond donors (Lipinski definition) is 0. The van der Waals surface area contributed by atoms with Crippen LogP contribution in [0.15, 0.2) is 41.4 Å². The molecule has 2 aromatic carbocycles. The third-order valence-electron chi connectivity index (χ3n) is 4.64. The Kier molecular flexibility index (Phi) is 6.55. The standard InChI is InChI=1S/C22H26N2OS2/c1-5-17-6-8-18(9-7-17)14-20(25)23-22-24(10-11-26-4)19-13-15(2)12-16(3)21(19)27-22/h6-9,12-13H,5,10-11,14H2,1-4H3. The number of carbonyl (C=O) groups is 1. The maximum absolute atomic E-state index is 12.6. The van der Waals surface area contributed by atoms with E-state index in [1.165, 1.54) is 26.9 Å². The molecule has 3 nitrogen and oxygen atoms in total. The second kappa shape index (κ2) is 8.89. The summed E-state index contributed by atoms with van der Waals surface area (Å²) in [4.78, 5) is 17.9. The average Bonchev–Trinajstić information content (AvgIpc) is 2.98. The Morgan fingerprint density at radius 2 is 1.85 bits per heavy atom. The van der Waals surface area contributed by atoms with Gasteiger partial charge in [0.2, 0.25) is 0 Å². The largest absolute Gasteiger partial charge is 0.315 e. The van der Waals surface area contributed by atoms with Crippen LogP contribution in [0, 0.1) is 13.8 Å². The summed E-state index contributed by atoms with van der Waals surface area (Å²) in [5.74, 6) is 0.914. The van der Waals surface area contributed by atoms with Crippen molar-refractivity contribution in [1.82, 2.24) is 4.57 Å². The molecule has 0 unspecified atom stereocenters. The van der Waals surface area contributed by atoms with Gasteiger partial charge in [0.15, 0.2) is 4.80 Å². The Balaban J connectivity index is 1.97. The van der Waals surface area contributed by atoms with Crippen LogP contribution in [0.4, 0.5) is 0 Å². The van der Waals surface area contributed by atoms with Crippen molar-refractivity contribution in [2.45, 2.75) is 40.2 Å². The highest BCUT2D eigenvalue weighted by atomic mass is 32.2. The molecule has 0 N–H and O–H groups in total. The minimum atomic E-state index is -0.0851. The summed E-state index contributed by atoms with van der Waals surface area (Å²) in [6, 6.07) is 12.6. The molecule has 1 amide bonds. The molecule has 0 saturated heterocycles. The molecule has 142 valence electrons. The molecule has 0 saturated carbocycles. The van der Waals surface area contributed by atoms with E-state index in [0.29, 0.717) is 6.42 Å². The maximum Gasteiger partial charge on any atom is 0.252 e. The lowest BCUT2D eigenvalue weighted by atomic mass is 10.1. The fraction of sp³-hybridized carbons (Fsp3) is 0.364. The highest BCUT2D eigenvalue weighted by Crippen LogP contribution is 2.23. The van der Waals surface area contributed by atoms with Crippen LogP contribution in [0.2, 0.25) is 0 Å². The third kappa shape index (κ3) is 4.71. The smallest absolute Gasteiger partial charge is 0.252 e. The molecule has 0 radical (unpaired) electrons. The van der Waals surface area contributed by atoms with Crippen LogP contribution in [0.3, 0.4) is 0 Å². The summed E-state index contributed by atoms with van der Waals surface area (Å²) in [7, 11) is 0. The third-order valence-corrected chi connectivity index (χ3v) is 6.46. The predicted octanol–water partition coefficient (Wildman–Crippen LogP) is 4.92. The number of hydrogen-bond acceptors (Lipinski definition) is 3. The number of fused-ring (bicyclic) bond motifs is 1. The number of aromatic nitrogens is 1. The van der Waals surface area contributed by atoms with E-state index >= 15 is 0 Å². The monoisotopic (exact) mass is 398 g/mol. The van der Waals surface area contributed by atoms with Crippen LogP contribution in [0.25, 0.3) is 10.2 Å². The number of benzene rings is 2. The Morgan fingerprint density at radius 1 is 1.15 bits per heavy atom. The molecule has 3 aromatic rings. The average molecular weight is 399 g/mol. The van der Waals surface area contributed by atoms with Crippen LogP contribution < -0.4 is 4.80 Å². The van der Waals surface area contributed by atoms with E-state index in [2.05, 4.69) is 60.9 Å². The summed E-state index contributed by atoms with van der Waals surface area (Å²) < 4.78 is 3.43. The topological polar surface area (TPSA) is 34.4 Å². The summed E-state index contributed by atoms with van der Waals surface area (Å²) in [5, 5.41) is 0. The van der Waals surface area contributed by atoms with Gasteiger partial charge in [-0.1, -0.05) is 48.6 Å². The number of nitrogens with zero attached hydrogens (tertiary/aromatic N) is 2. The van der Waals surface area contributed by atoms with E-state index in [0.717, 1.165) is 29.1 Å². The van der Waals surface area contributed by atoms with Gasteiger partial charge in [-0.15, -0.1) is 0 Å². The van der Waals surface area contributed by atoms with Gasteiger partial charge >= 0.3 is 0 Å². The van der Waals surface area contributed by atoms with E-state index in [-0.39, 0.29) is 5.91 Å². The number of carbonyl (C=O) groups excluding carboxylic acids is 1. The molecule has 0 aliphatic rings. The maximum atomic E-state index is 12.6. The first kappa shape index (κ1) is 19.9. The minimum Gasteiger partial charge on any atom is -0.315 e. The van der Waals surface area contributed by atoms with Crippen molar-refractivity contribution in [3.63, 3.8) is 0 Å².